The highest BCUT2D eigenvalue weighted by Crippen LogP contribution is 2.09. The zero-order valence-corrected chi connectivity index (χ0v) is 17.2. The van der Waals surface area contributed by atoms with Gasteiger partial charge in [-0.3, -0.25) is 4.99 Å². The summed E-state index contributed by atoms with van der Waals surface area (Å²) in [6, 6.07) is 0. The van der Waals surface area contributed by atoms with E-state index >= 15 is 0 Å². The smallest absolute Gasteiger partial charge is 0.0642 e. The van der Waals surface area contributed by atoms with Gasteiger partial charge in [0.05, 0.1) is 11.9 Å². The van der Waals surface area contributed by atoms with Crippen molar-refractivity contribution in [1.82, 2.24) is 9.78 Å². The first-order chi connectivity index (χ1) is 12.1. The number of allylic oxidation sites excluding steroid dienone is 8. The van der Waals surface area contributed by atoms with Crippen LogP contribution in [0.5, 0.6) is 0 Å². The first kappa shape index (κ1) is 24.8. The Hall–Kier alpha value is -2.42. The molecule has 0 amide bonds. The lowest BCUT2D eigenvalue weighted by molar-refractivity contribution is 0.910. The molecule has 1 aromatic rings. The van der Waals surface area contributed by atoms with Crippen LogP contribution in [0.2, 0.25) is 0 Å². The molecule has 25 heavy (non-hydrogen) atoms. The predicted molar refractivity (Wildman–Crippen MR) is 116 cm³/mol. The minimum Gasteiger partial charge on any atom is -0.259 e. The van der Waals surface area contributed by atoms with Crippen LogP contribution in [0.3, 0.4) is 0 Å². The van der Waals surface area contributed by atoms with Crippen molar-refractivity contribution in [3.8, 4) is 0 Å². The molecule has 0 saturated carbocycles. The van der Waals surface area contributed by atoms with Crippen molar-refractivity contribution in [3.05, 3.63) is 66.7 Å². The minimum atomic E-state index is 0.966. The molecule has 1 heterocycles. The Morgan fingerprint density at radius 3 is 2.28 bits per heavy atom. The summed E-state index contributed by atoms with van der Waals surface area (Å²) in [7, 11) is 0. The number of hydrogen-bond donors (Lipinski definition) is 0. The van der Waals surface area contributed by atoms with E-state index in [1.165, 1.54) is 0 Å². The first-order valence-electron chi connectivity index (χ1n) is 8.97. The Balaban J connectivity index is 0. The van der Waals surface area contributed by atoms with Gasteiger partial charge in [0.2, 0.25) is 0 Å². The molecule has 3 heteroatoms. The SMILES string of the molecule is C=C/C=C(\C=C/C)n1cc(/C=C/C(C)=N/C(C)=C\C)cn1.CC.CC. The molecule has 0 saturated heterocycles. The number of nitrogens with zero attached hydrogens (tertiary/aromatic N) is 3. The van der Waals surface area contributed by atoms with Gasteiger partial charge >= 0.3 is 0 Å². The van der Waals surface area contributed by atoms with Gasteiger partial charge in [-0.15, -0.1) is 0 Å². The van der Waals surface area contributed by atoms with Crippen molar-refractivity contribution in [2.24, 2.45) is 4.99 Å². The van der Waals surface area contributed by atoms with Gasteiger partial charge in [0, 0.05) is 23.2 Å². The van der Waals surface area contributed by atoms with Gasteiger partial charge in [0.25, 0.3) is 0 Å². The molecular weight excluding hydrogens is 306 g/mol. The molecule has 138 valence electrons. The second-order valence-corrected chi connectivity index (χ2v) is 4.56. The van der Waals surface area contributed by atoms with Crippen molar-refractivity contribution in [2.45, 2.75) is 55.4 Å². The highest BCUT2D eigenvalue weighted by Gasteiger charge is 1.98. The van der Waals surface area contributed by atoms with Crippen molar-refractivity contribution in [3.63, 3.8) is 0 Å². The predicted octanol–water partition coefficient (Wildman–Crippen LogP) is 6.94. The summed E-state index contributed by atoms with van der Waals surface area (Å²) in [6.07, 6.45) is 17.4. The molecular formula is C22H35N3. The van der Waals surface area contributed by atoms with E-state index in [1.807, 2.05) is 109 Å². The molecule has 0 radical (unpaired) electrons. The summed E-state index contributed by atoms with van der Waals surface area (Å²) in [6.45, 7) is 19.6. The van der Waals surface area contributed by atoms with E-state index in [2.05, 4.69) is 16.7 Å². The van der Waals surface area contributed by atoms with Gasteiger partial charge < -0.3 is 0 Å². The number of aliphatic imine (C=N–C) groups is 1. The third-order valence-corrected chi connectivity index (χ3v) is 2.78. The van der Waals surface area contributed by atoms with Gasteiger partial charge in [-0.05, 0) is 45.9 Å². The van der Waals surface area contributed by atoms with Gasteiger partial charge in [-0.25, -0.2) is 4.68 Å². The summed E-state index contributed by atoms with van der Waals surface area (Å²) in [5.41, 5.74) is 3.98. The van der Waals surface area contributed by atoms with Crippen molar-refractivity contribution >= 4 is 17.5 Å². The fourth-order valence-electron chi connectivity index (χ4n) is 1.66. The second kappa shape index (κ2) is 16.4. The van der Waals surface area contributed by atoms with Crippen LogP contribution in [0.25, 0.3) is 11.8 Å². The van der Waals surface area contributed by atoms with E-state index in [1.54, 1.807) is 6.08 Å². The fraction of sp³-hybridized carbons (Fsp3) is 0.364. The van der Waals surface area contributed by atoms with Crippen LogP contribution in [-0.4, -0.2) is 15.5 Å². The second-order valence-electron chi connectivity index (χ2n) is 4.56. The Kier molecular flexibility index (Phi) is 16.3. The van der Waals surface area contributed by atoms with Crippen LogP contribution in [0.1, 0.15) is 61.0 Å². The molecule has 0 aliphatic rings. The zero-order chi connectivity index (χ0) is 19.7. The van der Waals surface area contributed by atoms with Crippen LogP contribution in [0.4, 0.5) is 0 Å². The fourth-order valence-corrected chi connectivity index (χ4v) is 1.66. The molecule has 0 aromatic carbocycles. The van der Waals surface area contributed by atoms with E-state index in [-0.39, 0.29) is 0 Å². The molecule has 3 nitrogen and oxygen atoms in total. The zero-order valence-electron chi connectivity index (χ0n) is 17.2. The maximum absolute atomic E-state index is 4.44. The molecule has 1 rings (SSSR count). The summed E-state index contributed by atoms with van der Waals surface area (Å²) in [5.74, 6) is 0. The molecule has 1 aromatic heterocycles. The van der Waals surface area contributed by atoms with Crippen molar-refractivity contribution in [2.75, 3.05) is 0 Å². The molecule has 0 aliphatic carbocycles. The molecule has 0 atom stereocenters. The van der Waals surface area contributed by atoms with Crippen LogP contribution < -0.4 is 0 Å². The maximum atomic E-state index is 4.44. The number of rotatable bonds is 6. The molecule has 0 fully saturated rings. The van der Waals surface area contributed by atoms with E-state index in [9.17, 15) is 0 Å². The average molecular weight is 342 g/mol. The van der Waals surface area contributed by atoms with Crippen LogP contribution in [0.15, 0.2) is 66.1 Å². The summed E-state index contributed by atoms with van der Waals surface area (Å²) >= 11 is 0. The van der Waals surface area contributed by atoms with Gasteiger partial charge in [0.15, 0.2) is 0 Å². The Morgan fingerprint density at radius 2 is 1.76 bits per heavy atom. The minimum absolute atomic E-state index is 0.966. The van der Waals surface area contributed by atoms with E-state index in [4.69, 9.17) is 0 Å². The van der Waals surface area contributed by atoms with Gasteiger partial charge in [-0.2, -0.15) is 5.10 Å². The lowest BCUT2D eigenvalue weighted by atomic mass is 10.2. The number of aromatic nitrogens is 2. The maximum Gasteiger partial charge on any atom is 0.0642 e. The highest BCUT2D eigenvalue weighted by atomic mass is 15.3. The van der Waals surface area contributed by atoms with Crippen LogP contribution in [-0.2, 0) is 0 Å². The summed E-state index contributed by atoms with van der Waals surface area (Å²) in [4.78, 5) is 4.44. The van der Waals surface area contributed by atoms with Gasteiger partial charge in [0.1, 0.15) is 0 Å². The quantitative estimate of drug-likeness (QED) is 0.407. The molecule has 0 bridgehead atoms. The Morgan fingerprint density at radius 1 is 1.12 bits per heavy atom. The van der Waals surface area contributed by atoms with Crippen molar-refractivity contribution < 1.29 is 0 Å². The number of hydrogen-bond acceptors (Lipinski definition) is 2. The summed E-state index contributed by atoms with van der Waals surface area (Å²) in [5, 5.41) is 4.36. The highest BCUT2D eigenvalue weighted by molar-refractivity contribution is 5.96. The molecule has 0 N–H and O–H groups in total. The van der Waals surface area contributed by atoms with E-state index in [0.29, 0.717) is 0 Å². The van der Waals surface area contributed by atoms with E-state index in [0.717, 1.165) is 22.7 Å². The monoisotopic (exact) mass is 341 g/mol. The lowest BCUT2D eigenvalue weighted by Crippen LogP contribution is -1.93. The third-order valence-electron chi connectivity index (χ3n) is 2.78. The van der Waals surface area contributed by atoms with Crippen molar-refractivity contribution in [1.29, 1.82) is 0 Å². The standard InChI is InChI=1S/C18H23N3.2C2H6/c1-6-9-18(10-7-2)21-14-17(13-19-21)12-11-16(5)20-15(4)8-3;2*1-2/h6-14H,1H2,2-5H3;2*1-2H3/b10-7-,12-11+,15-8-,18-9+,20-16+;;. The van der Waals surface area contributed by atoms with Crippen LogP contribution in [0, 0.1) is 0 Å². The molecule has 0 unspecified atom stereocenters. The molecule has 0 aliphatic heterocycles. The Labute approximate surface area is 154 Å². The van der Waals surface area contributed by atoms with Crippen LogP contribution >= 0.6 is 0 Å². The lowest BCUT2D eigenvalue weighted by Gasteiger charge is -1.99. The van der Waals surface area contributed by atoms with Gasteiger partial charge in [-0.1, -0.05) is 58.6 Å². The average Bonchev–Trinajstić information content (AvgIpc) is 3.12. The Bertz CT molecular complexity index is 623. The summed E-state index contributed by atoms with van der Waals surface area (Å²) < 4.78 is 1.82. The topological polar surface area (TPSA) is 30.2 Å². The normalized spacial score (nSPS) is 12.6. The first-order valence-corrected chi connectivity index (χ1v) is 8.97. The van der Waals surface area contributed by atoms with E-state index < -0.39 is 0 Å². The third kappa shape index (κ3) is 10.9. The molecule has 0 spiro atoms. The largest absolute Gasteiger partial charge is 0.259 e.